The Morgan fingerprint density at radius 1 is 1.41 bits per heavy atom. The van der Waals surface area contributed by atoms with E-state index in [4.69, 9.17) is 0 Å². The first-order valence-corrected chi connectivity index (χ1v) is 10.4. The van der Waals surface area contributed by atoms with E-state index in [-0.39, 0.29) is 17.3 Å². The second-order valence-corrected chi connectivity index (χ2v) is 8.80. The zero-order valence-corrected chi connectivity index (χ0v) is 18.6. The van der Waals surface area contributed by atoms with Crippen LogP contribution < -0.4 is 4.87 Å². The van der Waals surface area contributed by atoms with Gasteiger partial charge in [-0.15, -0.1) is 19.0 Å². The molecule has 0 radical (unpaired) electrons. The lowest BCUT2D eigenvalue weighted by atomic mass is 9.96. The minimum atomic E-state index is -0.530. The first kappa shape index (κ1) is 22.3. The number of nitrogens with zero attached hydrogens (tertiary/aromatic N) is 3. The smallest absolute Gasteiger partial charge is 0.302 e. The normalized spacial score (nSPS) is 17.0. The van der Waals surface area contributed by atoms with Gasteiger partial charge >= 0.3 is 4.87 Å². The summed E-state index contributed by atoms with van der Waals surface area (Å²) in [6, 6.07) is 5.76. The van der Waals surface area contributed by atoms with Crippen LogP contribution in [-0.4, -0.2) is 53.9 Å². The van der Waals surface area contributed by atoms with E-state index < -0.39 is 6.17 Å². The number of thiazole rings is 1. The molecule has 1 unspecified atom stereocenters. The highest BCUT2D eigenvalue weighted by atomic mass is 79.9. The number of carbonyl (C=O) groups excluding carboxylic acids is 1. The fraction of sp³-hybridized carbons (Fsp3) is 0.474. The standard InChI is InChI=1S/C19H24BrN3O2S.ClH/c1-3-8-21(2)12-14-6-9-22(10-7-14)18(13-24)23-16-11-15(20)4-5-17(16)26-19(23)25;/h3-5,11,13-14,18H,1,6-10,12H2,2H3;1H. The van der Waals surface area contributed by atoms with Crippen molar-refractivity contribution in [3.05, 3.63) is 45.0 Å². The van der Waals surface area contributed by atoms with Crippen LogP contribution in [0.3, 0.4) is 0 Å². The molecule has 1 aromatic heterocycles. The van der Waals surface area contributed by atoms with Crippen molar-refractivity contribution in [2.45, 2.75) is 19.0 Å². The molecule has 8 heteroatoms. The third-order valence-corrected chi connectivity index (χ3v) is 6.42. The summed E-state index contributed by atoms with van der Waals surface area (Å²) in [5.41, 5.74) is 0.819. The zero-order chi connectivity index (χ0) is 18.7. The zero-order valence-electron chi connectivity index (χ0n) is 15.3. The number of carbonyl (C=O) groups is 1. The van der Waals surface area contributed by atoms with Gasteiger partial charge in [-0.25, -0.2) is 0 Å². The van der Waals surface area contributed by atoms with E-state index in [1.54, 1.807) is 4.57 Å². The van der Waals surface area contributed by atoms with Crippen LogP contribution in [0.2, 0.25) is 0 Å². The molecule has 0 bridgehead atoms. The number of halogens is 2. The van der Waals surface area contributed by atoms with E-state index in [9.17, 15) is 9.59 Å². The molecule has 3 rings (SSSR count). The number of hydrogen-bond acceptors (Lipinski definition) is 5. The molecule has 0 amide bonds. The Bertz CT molecular complexity index is 845. The van der Waals surface area contributed by atoms with Crippen LogP contribution in [0, 0.1) is 5.92 Å². The molecule has 0 N–H and O–H groups in total. The van der Waals surface area contributed by atoms with Gasteiger partial charge in [0.05, 0.1) is 10.2 Å². The minimum absolute atomic E-state index is 0. The summed E-state index contributed by atoms with van der Waals surface area (Å²) in [7, 11) is 2.11. The Morgan fingerprint density at radius 2 is 2.11 bits per heavy atom. The van der Waals surface area contributed by atoms with Crippen molar-refractivity contribution in [1.82, 2.24) is 14.4 Å². The summed E-state index contributed by atoms with van der Waals surface area (Å²) in [5.74, 6) is 0.619. The van der Waals surface area contributed by atoms with E-state index in [0.29, 0.717) is 5.92 Å². The van der Waals surface area contributed by atoms with E-state index in [1.807, 2.05) is 24.3 Å². The maximum Gasteiger partial charge on any atom is 0.309 e. The maximum absolute atomic E-state index is 12.5. The summed E-state index contributed by atoms with van der Waals surface area (Å²) in [6.07, 6.45) is 4.36. The maximum atomic E-state index is 12.5. The molecule has 0 saturated carbocycles. The topological polar surface area (TPSA) is 45.5 Å². The molecule has 2 heterocycles. The fourth-order valence-electron chi connectivity index (χ4n) is 3.70. The second kappa shape index (κ2) is 9.98. The quantitative estimate of drug-likeness (QED) is 0.453. The van der Waals surface area contributed by atoms with Crippen molar-refractivity contribution in [2.24, 2.45) is 5.92 Å². The SMILES string of the molecule is C=CCN(C)CC1CCN(C(C=O)n2c(=O)sc3ccc(Br)cc32)CC1.Cl. The number of likely N-dealkylation sites (tertiary alicyclic amines) is 1. The molecule has 1 atom stereocenters. The van der Waals surface area contributed by atoms with E-state index >= 15 is 0 Å². The van der Waals surface area contributed by atoms with Crippen LogP contribution in [0.5, 0.6) is 0 Å². The number of aromatic nitrogens is 1. The Balaban J connectivity index is 0.00000261. The largest absolute Gasteiger partial charge is 0.309 e. The highest BCUT2D eigenvalue weighted by molar-refractivity contribution is 9.10. The van der Waals surface area contributed by atoms with Crippen LogP contribution in [0.15, 0.2) is 40.1 Å². The van der Waals surface area contributed by atoms with Gasteiger partial charge in [0.2, 0.25) is 0 Å². The first-order chi connectivity index (χ1) is 12.5. The van der Waals surface area contributed by atoms with Gasteiger partial charge in [-0.05, 0) is 44.0 Å². The Labute approximate surface area is 178 Å². The minimum Gasteiger partial charge on any atom is -0.302 e. The van der Waals surface area contributed by atoms with Gasteiger partial charge in [0, 0.05) is 30.7 Å². The van der Waals surface area contributed by atoms with Crippen LogP contribution in [0.1, 0.15) is 19.0 Å². The van der Waals surface area contributed by atoms with Crippen molar-refractivity contribution in [2.75, 3.05) is 33.2 Å². The Kier molecular flexibility index (Phi) is 8.24. The second-order valence-electron chi connectivity index (χ2n) is 6.89. The average Bonchev–Trinajstić information content (AvgIpc) is 2.93. The average molecular weight is 475 g/mol. The van der Waals surface area contributed by atoms with Crippen molar-refractivity contribution in [1.29, 1.82) is 0 Å². The predicted octanol–water partition coefficient (Wildman–Crippen LogP) is 3.77. The van der Waals surface area contributed by atoms with Crippen molar-refractivity contribution in [3.63, 3.8) is 0 Å². The molecule has 1 saturated heterocycles. The fourth-order valence-corrected chi connectivity index (χ4v) is 4.94. The molecular formula is C19H25BrClN3O2S. The number of aldehydes is 1. The predicted molar refractivity (Wildman–Crippen MR) is 118 cm³/mol. The summed E-state index contributed by atoms with van der Waals surface area (Å²) in [4.78, 5) is 28.8. The molecule has 5 nitrogen and oxygen atoms in total. The molecular weight excluding hydrogens is 450 g/mol. The number of likely N-dealkylation sites (N-methyl/N-ethyl adjacent to an activating group) is 1. The van der Waals surface area contributed by atoms with Gasteiger partial charge in [-0.2, -0.15) is 0 Å². The number of fused-ring (bicyclic) bond motifs is 1. The Morgan fingerprint density at radius 3 is 2.74 bits per heavy atom. The third kappa shape index (κ3) is 5.09. The van der Waals surface area contributed by atoms with Crippen LogP contribution in [0.4, 0.5) is 0 Å². The summed E-state index contributed by atoms with van der Waals surface area (Å²) in [6.45, 7) is 7.37. The molecule has 2 aromatic rings. The van der Waals surface area contributed by atoms with E-state index in [1.165, 1.54) is 11.3 Å². The Hall–Kier alpha value is -0.990. The molecule has 27 heavy (non-hydrogen) atoms. The van der Waals surface area contributed by atoms with Gasteiger partial charge in [0.1, 0.15) is 6.17 Å². The number of piperidine rings is 1. The van der Waals surface area contributed by atoms with Crippen molar-refractivity contribution < 1.29 is 4.79 Å². The molecule has 148 valence electrons. The van der Waals surface area contributed by atoms with E-state index in [0.717, 1.165) is 60.0 Å². The van der Waals surface area contributed by atoms with Gasteiger partial charge in [-0.1, -0.05) is 33.3 Å². The first-order valence-electron chi connectivity index (χ1n) is 8.83. The number of rotatable bonds is 7. The number of benzene rings is 1. The van der Waals surface area contributed by atoms with Crippen LogP contribution >= 0.6 is 39.7 Å². The van der Waals surface area contributed by atoms with Crippen molar-refractivity contribution >= 4 is 56.2 Å². The summed E-state index contributed by atoms with van der Waals surface area (Å²) >= 11 is 4.66. The highest BCUT2D eigenvalue weighted by Crippen LogP contribution is 2.28. The van der Waals surface area contributed by atoms with Crippen LogP contribution in [-0.2, 0) is 4.79 Å². The van der Waals surface area contributed by atoms with E-state index in [2.05, 4.69) is 39.4 Å². The third-order valence-electron chi connectivity index (χ3n) is 4.99. The van der Waals surface area contributed by atoms with Crippen LogP contribution in [0.25, 0.3) is 10.2 Å². The summed E-state index contributed by atoms with van der Waals surface area (Å²) < 4.78 is 3.46. The van der Waals surface area contributed by atoms with Gasteiger partial charge in [-0.3, -0.25) is 19.1 Å². The molecule has 0 spiro atoms. The highest BCUT2D eigenvalue weighted by Gasteiger charge is 2.28. The van der Waals surface area contributed by atoms with Gasteiger partial charge in [0.15, 0.2) is 6.29 Å². The van der Waals surface area contributed by atoms with Crippen molar-refractivity contribution in [3.8, 4) is 0 Å². The van der Waals surface area contributed by atoms with Gasteiger partial charge in [0.25, 0.3) is 0 Å². The monoisotopic (exact) mass is 473 g/mol. The molecule has 1 aliphatic heterocycles. The lowest BCUT2D eigenvalue weighted by Gasteiger charge is -2.36. The molecule has 1 fully saturated rings. The summed E-state index contributed by atoms with van der Waals surface area (Å²) in [5, 5.41) is 0. The van der Waals surface area contributed by atoms with Gasteiger partial charge < -0.3 is 4.90 Å². The lowest BCUT2D eigenvalue weighted by Crippen LogP contribution is -2.43. The molecule has 0 aliphatic carbocycles. The molecule has 1 aromatic carbocycles. The lowest BCUT2D eigenvalue weighted by molar-refractivity contribution is -0.116. The molecule has 1 aliphatic rings. The number of hydrogen-bond donors (Lipinski definition) is 0.